The molecule has 2 aliphatic carbocycles. The molecule has 510 valence electrons. The molecule has 22 heteroatoms. The molecule has 0 N–H and O–H groups in total. The minimum absolute atomic E-state index is 0. The number of benzene rings is 4. The van der Waals surface area contributed by atoms with Crippen molar-refractivity contribution in [3.05, 3.63) is 115 Å². The molecule has 0 heterocycles. The van der Waals surface area contributed by atoms with Gasteiger partial charge in [0.15, 0.2) is 0 Å². The van der Waals surface area contributed by atoms with Gasteiger partial charge in [0.1, 0.15) is 0 Å². The Kier molecular flexibility index (Phi) is 33.1. The topological polar surface area (TPSA) is 332 Å². The summed E-state index contributed by atoms with van der Waals surface area (Å²) in [6, 6.07) is 15.6. The summed E-state index contributed by atoms with van der Waals surface area (Å²) in [5.74, 6) is -0.0273. The van der Waals surface area contributed by atoms with Gasteiger partial charge in [0.2, 0.25) is 20.8 Å². The zero-order chi connectivity index (χ0) is 66.1. The third-order valence-electron chi connectivity index (χ3n) is 15.5. The average Bonchev–Trinajstić information content (AvgIpc) is 2.47. The van der Waals surface area contributed by atoms with Crippen molar-refractivity contribution in [2.45, 2.75) is 253 Å². The van der Waals surface area contributed by atoms with Crippen molar-refractivity contribution >= 4 is 45.7 Å². The van der Waals surface area contributed by atoms with Crippen LogP contribution in [-0.4, -0.2) is 88.2 Å². The van der Waals surface area contributed by atoms with Crippen molar-refractivity contribution in [3.8, 4) is 23.0 Å². The largest absolute Gasteiger partial charge is 2.00 e. The monoisotopic (exact) mass is 1370 g/mol. The van der Waals surface area contributed by atoms with E-state index in [1.807, 2.05) is 36.4 Å². The fourth-order valence-corrected chi connectivity index (χ4v) is 11.1. The minimum Gasteiger partial charge on any atom is -2.00 e. The van der Waals surface area contributed by atoms with E-state index in [9.17, 15) is 46.4 Å². The normalized spacial score (nSPS) is 17.9. The van der Waals surface area contributed by atoms with Gasteiger partial charge in [-0.3, -0.25) is 28.3 Å². The predicted molar refractivity (Wildman–Crippen MR) is 345 cm³/mol. The maximum absolute atomic E-state index is 14.3. The Bertz CT molecular complexity index is 3140. The van der Waals surface area contributed by atoms with Gasteiger partial charge in [-0.15, -0.1) is 0 Å². The number of nitrogens with zero attached hydrogens (tertiary/aromatic N) is 4. The first-order valence-electron chi connectivity index (χ1n) is 30.5. The zero-order valence-corrected chi connectivity index (χ0v) is 61.7. The molecule has 2 radical (unpaired) electrons. The van der Waals surface area contributed by atoms with Crippen molar-refractivity contribution in [1.29, 1.82) is 0 Å². The van der Waals surface area contributed by atoms with Gasteiger partial charge in [-0.25, -0.2) is 16.8 Å². The molecule has 0 bridgehead atoms. The van der Waals surface area contributed by atoms with E-state index < -0.39 is 31.6 Å². The van der Waals surface area contributed by atoms with Gasteiger partial charge in [-0.05, 0) is 145 Å². The van der Waals surface area contributed by atoms with Crippen molar-refractivity contribution in [3.63, 3.8) is 0 Å². The molecule has 0 aliphatic heterocycles. The van der Waals surface area contributed by atoms with Gasteiger partial charge in [-0.2, -0.15) is 0 Å². The quantitative estimate of drug-likeness (QED) is 0.0646. The molecule has 2 saturated carbocycles. The summed E-state index contributed by atoms with van der Waals surface area (Å²) in [6.45, 7) is 40.6. The Hall–Kier alpha value is -4.41. The van der Waals surface area contributed by atoms with Gasteiger partial charge in [0.25, 0.3) is 0 Å². The van der Waals surface area contributed by atoms with Gasteiger partial charge < -0.3 is 40.5 Å². The third-order valence-corrected chi connectivity index (χ3v) is 16.5. The van der Waals surface area contributed by atoms with Crippen LogP contribution in [0, 0.1) is 0 Å². The maximum Gasteiger partial charge on any atom is 0.217 e. The molecule has 91 heavy (non-hydrogen) atoms. The summed E-state index contributed by atoms with van der Waals surface area (Å²) < 4.78 is 64.0. The molecular weight excluding hydrogens is 1270 g/mol. The van der Waals surface area contributed by atoms with E-state index in [-0.39, 0.29) is 130 Å². The summed E-state index contributed by atoms with van der Waals surface area (Å²) in [5, 5.41) is 56.3. The third kappa shape index (κ3) is 26.7. The second-order valence-electron chi connectivity index (χ2n) is 29.3. The van der Waals surface area contributed by atoms with E-state index in [4.69, 9.17) is 20.0 Å². The van der Waals surface area contributed by atoms with E-state index in [0.29, 0.717) is 39.8 Å². The summed E-state index contributed by atoms with van der Waals surface area (Å²) in [6.07, 6.45) is 15.1. The van der Waals surface area contributed by atoms with Crippen LogP contribution in [0.3, 0.4) is 0 Å². The maximum atomic E-state index is 14.3. The van der Waals surface area contributed by atoms with Gasteiger partial charge in [0, 0.05) is 62.0 Å². The van der Waals surface area contributed by atoms with Crippen LogP contribution in [0.2, 0.25) is 0 Å². The Balaban J connectivity index is 0.00000403. The smallest absolute Gasteiger partial charge is 0.217 e. The van der Waals surface area contributed by atoms with Crippen LogP contribution in [0.5, 0.6) is 23.0 Å². The van der Waals surface area contributed by atoms with E-state index in [1.165, 1.54) is 13.8 Å². The van der Waals surface area contributed by atoms with Crippen LogP contribution >= 0.6 is 0 Å². The summed E-state index contributed by atoms with van der Waals surface area (Å²) in [4.78, 5) is 20.4. The van der Waals surface area contributed by atoms with Gasteiger partial charge in [0.05, 0.1) is 37.4 Å². The van der Waals surface area contributed by atoms with E-state index in [2.05, 4.69) is 145 Å². The van der Waals surface area contributed by atoms with E-state index in [0.717, 1.165) is 84.7 Å². The Labute approximate surface area is 569 Å². The van der Waals surface area contributed by atoms with Crippen LogP contribution in [0.25, 0.3) is 0 Å². The Morgan fingerprint density at radius 1 is 0.396 bits per heavy atom. The molecule has 0 spiro atoms. The SMILES string of the molecule is CC(C)(C)c1cc(C=N[C@@H]2CCCC[C@H]2N=Cc2cc(Cc3cc(C=N[C@@H]4CCCC[C@H]4N=Cc4cc(C(C)(C)C)cc(C(C)(C)C)c4[O-])c([O-])c(C(C)(C)C)c3)cc(C(C)(C)C)c2[O-])c([O-])c(C(C)(C)C)c1.CCOS(=O)(=O)[O-].CCOS(=O)(=O)[O-].[O-2].[O-2].[V].[V]. The summed E-state index contributed by atoms with van der Waals surface area (Å²) in [7, 11) is -8.85. The first-order valence-corrected chi connectivity index (χ1v) is 33.2. The number of aliphatic imine (C=N–C) groups is 4. The average molecular weight is 1370 g/mol. The van der Waals surface area contributed by atoms with Crippen LogP contribution in [0.4, 0.5) is 0 Å². The molecule has 0 saturated heterocycles. The fourth-order valence-electron chi connectivity index (χ4n) is 10.5. The van der Waals surface area contributed by atoms with E-state index >= 15 is 0 Å². The second-order valence-corrected chi connectivity index (χ2v) is 31.4. The molecule has 4 aromatic rings. The molecule has 18 nitrogen and oxygen atoms in total. The molecule has 2 aliphatic rings. The first-order chi connectivity index (χ1) is 39.7. The van der Waals surface area contributed by atoms with Crippen LogP contribution in [-0.2, 0) is 116 Å². The molecule has 4 atom stereocenters. The number of hydrogen-bond donors (Lipinski definition) is 0. The standard InChI is InChI=1S/C65H92N4O4.2C2H6O4S.2O.2V/c1-60(2,3)46-32-44(58(72)50(34-46)64(13,14)15)38-68-54-25-21-19-23-52(54)66-36-42-28-40(30-48(56(42)70)62(7,8)9)27-41-29-43(57(71)49(31-41)63(10,11)12)37-67-53-24-20-22-26-55(53)69-39-45-33-47(61(4,5)6)35-51(59(45)73)65(16,17)18;2*1-2-6-7(3,4)5;;;;/h28-39,52-55,70-73H,19-27H2,1-18H3;2*2H2,1H3,(H,3,4,5);;;;/q;;;2*-2;;/p-6/t52-,53-,54-,55-;;;;;;/m1....../s1. The van der Waals surface area contributed by atoms with Gasteiger partial charge in [-0.1, -0.05) is 222 Å². The van der Waals surface area contributed by atoms with Crippen molar-refractivity contribution < 1.29 is 103 Å². The van der Waals surface area contributed by atoms with Crippen LogP contribution < -0.4 is 20.4 Å². The molecule has 4 aromatic carbocycles. The van der Waals surface area contributed by atoms with E-state index in [1.54, 1.807) is 24.9 Å². The van der Waals surface area contributed by atoms with Gasteiger partial charge >= 0.3 is 0 Å². The Morgan fingerprint density at radius 3 is 0.802 bits per heavy atom. The zero-order valence-electron chi connectivity index (χ0n) is 57.2. The molecule has 0 amide bonds. The van der Waals surface area contributed by atoms with Crippen molar-refractivity contribution in [2.24, 2.45) is 20.0 Å². The number of rotatable bonds is 14. The molecule has 0 aromatic heterocycles. The fraction of sp³-hybridized carbons (Fsp3) is 0.594. The van der Waals surface area contributed by atoms with Crippen molar-refractivity contribution in [1.82, 2.24) is 0 Å². The molecule has 6 rings (SSSR count). The van der Waals surface area contributed by atoms with Crippen LogP contribution in [0.1, 0.15) is 257 Å². The first kappa shape index (κ1) is 86.6. The van der Waals surface area contributed by atoms with Crippen LogP contribution in [0.15, 0.2) is 68.5 Å². The summed E-state index contributed by atoms with van der Waals surface area (Å²) >= 11 is 0. The summed E-state index contributed by atoms with van der Waals surface area (Å²) in [5.41, 5.74) is 7.74. The Morgan fingerprint density at radius 2 is 0.615 bits per heavy atom. The molecule has 0 unspecified atom stereocenters. The molecular formula is C69H98N4O14S2V2-10. The number of hydrogen-bond acceptors (Lipinski definition) is 16. The minimum atomic E-state index is -4.42. The predicted octanol–water partition coefficient (Wildman–Crippen LogP) is 11.8. The molecule has 2 fully saturated rings. The van der Waals surface area contributed by atoms with Crippen molar-refractivity contribution in [2.75, 3.05) is 13.2 Å². The second kappa shape index (κ2) is 34.8.